The number of amides is 1. The highest BCUT2D eigenvalue weighted by molar-refractivity contribution is 7.99. The molecule has 1 fully saturated rings. The van der Waals surface area contributed by atoms with Crippen LogP contribution >= 0.6 is 11.8 Å². The highest BCUT2D eigenvalue weighted by Crippen LogP contribution is 2.24. The Morgan fingerprint density at radius 1 is 1.42 bits per heavy atom. The van der Waals surface area contributed by atoms with E-state index in [0.717, 1.165) is 18.4 Å². The number of fused-ring (bicyclic) bond motifs is 1. The number of benzene rings is 1. The van der Waals surface area contributed by atoms with Gasteiger partial charge < -0.3 is 14.1 Å². The molecule has 0 bridgehead atoms. The van der Waals surface area contributed by atoms with Gasteiger partial charge in [0.05, 0.1) is 18.3 Å². The number of aromatic nitrogens is 1. The maximum absolute atomic E-state index is 12.4. The van der Waals surface area contributed by atoms with Crippen LogP contribution in [0.4, 0.5) is 0 Å². The molecule has 1 aliphatic heterocycles. The first kappa shape index (κ1) is 16.8. The SMILES string of the molecule is CCOC(=O)[C@@H]1CCCN(C(=O)CSc2nc3ccccc3o2)C1. The summed E-state index contributed by atoms with van der Waals surface area (Å²) in [7, 11) is 0. The van der Waals surface area contributed by atoms with Crippen molar-refractivity contribution in [2.75, 3.05) is 25.4 Å². The predicted molar refractivity (Wildman–Crippen MR) is 90.7 cm³/mol. The second kappa shape index (κ2) is 7.70. The van der Waals surface area contributed by atoms with Crippen molar-refractivity contribution >= 4 is 34.7 Å². The second-order valence-electron chi connectivity index (χ2n) is 5.67. The molecule has 24 heavy (non-hydrogen) atoms. The molecule has 1 saturated heterocycles. The van der Waals surface area contributed by atoms with Gasteiger partial charge in [0.25, 0.3) is 5.22 Å². The number of carbonyl (C=O) groups excluding carboxylic acids is 2. The molecule has 6 nitrogen and oxygen atoms in total. The van der Waals surface area contributed by atoms with E-state index in [-0.39, 0.29) is 23.5 Å². The first-order chi connectivity index (χ1) is 11.7. The zero-order chi connectivity index (χ0) is 16.9. The van der Waals surface area contributed by atoms with Crippen LogP contribution in [-0.4, -0.2) is 47.2 Å². The molecule has 7 heteroatoms. The minimum absolute atomic E-state index is 0.00347. The molecule has 1 aliphatic rings. The Kier molecular flexibility index (Phi) is 5.40. The second-order valence-corrected chi connectivity index (χ2v) is 6.59. The molecule has 1 amide bonds. The van der Waals surface area contributed by atoms with Gasteiger partial charge in [0.1, 0.15) is 5.52 Å². The molecule has 0 unspecified atom stereocenters. The summed E-state index contributed by atoms with van der Waals surface area (Å²) in [6.07, 6.45) is 1.60. The minimum atomic E-state index is -0.211. The standard InChI is InChI=1S/C17H20N2O4S/c1-2-22-16(21)12-6-5-9-19(10-12)15(20)11-24-17-18-13-7-3-4-8-14(13)23-17/h3-4,7-8,12H,2,5-6,9-11H2,1H3/t12-/m1/s1. The monoisotopic (exact) mass is 348 g/mol. The Morgan fingerprint density at radius 2 is 2.25 bits per heavy atom. The third-order valence-electron chi connectivity index (χ3n) is 3.99. The van der Waals surface area contributed by atoms with E-state index in [1.54, 1.807) is 11.8 Å². The Labute approximate surface area is 144 Å². The number of nitrogens with zero attached hydrogens (tertiary/aromatic N) is 2. The number of para-hydroxylation sites is 2. The first-order valence-electron chi connectivity index (χ1n) is 8.10. The highest BCUT2D eigenvalue weighted by atomic mass is 32.2. The molecule has 0 saturated carbocycles. The Morgan fingerprint density at radius 3 is 3.04 bits per heavy atom. The van der Waals surface area contributed by atoms with Gasteiger partial charge in [-0.25, -0.2) is 4.98 Å². The number of oxazole rings is 1. The molecule has 1 aromatic carbocycles. The van der Waals surface area contributed by atoms with Crippen molar-refractivity contribution in [3.05, 3.63) is 24.3 Å². The van der Waals surface area contributed by atoms with Crippen LogP contribution in [-0.2, 0) is 14.3 Å². The van der Waals surface area contributed by atoms with E-state index in [1.165, 1.54) is 11.8 Å². The van der Waals surface area contributed by atoms with Crippen LogP contribution in [0.15, 0.2) is 33.9 Å². The molecular formula is C17H20N2O4S. The van der Waals surface area contributed by atoms with E-state index in [0.29, 0.717) is 30.5 Å². The summed E-state index contributed by atoms with van der Waals surface area (Å²) in [5.41, 5.74) is 1.50. The van der Waals surface area contributed by atoms with Crippen molar-refractivity contribution in [1.29, 1.82) is 0 Å². The van der Waals surface area contributed by atoms with Gasteiger partial charge in [-0.15, -0.1) is 0 Å². The summed E-state index contributed by atoms with van der Waals surface area (Å²) in [5, 5.41) is 0.489. The Hall–Kier alpha value is -2.02. The third kappa shape index (κ3) is 3.90. The van der Waals surface area contributed by atoms with Crippen LogP contribution in [0.25, 0.3) is 11.1 Å². The summed E-state index contributed by atoms with van der Waals surface area (Å²) in [5.74, 6) is -0.169. The summed E-state index contributed by atoms with van der Waals surface area (Å²) >= 11 is 1.28. The van der Waals surface area contributed by atoms with Crippen LogP contribution in [0, 0.1) is 5.92 Å². The molecule has 0 aliphatic carbocycles. The molecule has 1 atom stereocenters. The van der Waals surface area contributed by atoms with Gasteiger partial charge in [-0.05, 0) is 31.9 Å². The lowest BCUT2D eigenvalue weighted by Crippen LogP contribution is -2.43. The lowest BCUT2D eigenvalue weighted by atomic mass is 9.98. The predicted octanol–water partition coefficient (Wildman–Crippen LogP) is 2.72. The van der Waals surface area contributed by atoms with E-state index in [4.69, 9.17) is 9.15 Å². The molecule has 2 aromatic rings. The molecule has 0 radical (unpaired) electrons. The minimum Gasteiger partial charge on any atom is -0.466 e. The number of thioether (sulfide) groups is 1. The summed E-state index contributed by atoms with van der Waals surface area (Å²) in [6, 6.07) is 7.51. The lowest BCUT2D eigenvalue weighted by Gasteiger charge is -2.31. The number of hydrogen-bond donors (Lipinski definition) is 0. The fourth-order valence-electron chi connectivity index (χ4n) is 2.78. The molecule has 2 heterocycles. The van der Waals surface area contributed by atoms with Crippen LogP contribution in [0.1, 0.15) is 19.8 Å². The Balaban J connectivity index is 1.55. The fourth-order valence-corrected chi connectivity index (χ4v) is 3.52. The van der Waals surface area contributed by atoms with Gasteiger partial charge in [0, 0.05) is 13.1 Å². The molecular weight excluding hydrogens is 328 g/mol. The highest BCUT2D eigenvalue weighted by Gasteiger charge is 2.29. The van der Waals surface area contributed by atoms with E-state index in [9.17, 15) is 9.59 Å². The number of esters is 1. The zero-order valence-electron chi connectivity index (χ0n) is 13.6. The average molecular weight is 348 g/mol. The maximum atomic E-state index is 12.4. The van der Waals surface area contributed by atoms with Crippen molar-refractivity contribution in [3.8, 4) is 0 Å². The van der Waals surface area contributed by atoms with Gasteiger partial charge in [0.2, 0.25) is 5.91 Å². The number of rotatable bonds is 5. The van der Waals surface area contributed by atoms with Gasteiger partial charge in [-0.2, -0.15) is 0 Å². The summed E-state index contributed by atoms with van der Waals surface area (Å²) in [6.45, 7) is 3.28. The quantitative estimate of drug-likeness (QED) is 0.611. The van der Waals surface area contributed by atoms with Crippen molar-refractivity contribution in [3.63, 3.8) is 0 Å². The summed E-state index contributed by atoms with van der Waals surface area (Å²) < 4.78 is 10.7. The van der Waals surface area contributed by atoms with Crippen LogP contribution in [0.2, 0.25) is 0 Å². The third-order valence-corrected chi connectivity index (χ3v) is 4.80. The number of likely N-dealkylation sites (tertiary alicyclic amines) is 1. The van der Waals surface area contributed by atoms with Crippen molar-refractivity contribution in [1.82, 2.24) is 9.88 Å². The van der Waals surface area contributed by atoms with Crippen molar-refractivity contribution in [2.24, 2.45) is 5.92 Å². The topological polar surface area (TPSA) is 72.6 Å². The maximum Gasteiger partial charge on any atom is 0.310 e. The van der Waals surface area contributed by atoms with E-state index in [2.05, 4.69) is 4.98 Å². The zero-order valence-corrected chi connectivity index (χ0v) is 14.4. The lowest BCUT2D eigenvalue weighted by molar-refractivity contribution is -0.151. The van der Waals surface area contributed by atoms with Gasteiger partial charge in [0.15, 0.2) is 5.58 Å². The van der Waals surface area contributed by atoms with Crippen LogP contribution in [0.5, 0.6) is 0 Å². The van der Waals surface area contributed by atoms with Gasteiger partial charge >= 0.3 is 5.97 Å². The molecule has 128 valence electrons. The smallest absolute Gasteiger partial charge is 0.310 e. The van der Waals surface area contributed by atoms with E-state index >= 15 is 0 Å². The van der Waals surface area contributed by atoms with Crippen LogP contribution in [0.3, 0.4) is 0 Å². The van der Waals surface area contributed by atoms with E-state index < -0.39 is 0 Å². The number of ether oxygens (including phenoxy) is 1. The Bertz CT molecular complexity index is 697. The fraction of sp³-hybridized carbons (Fsp3) is 0.471. The molecule has 1 aromatic heterocycles. The first-order valence-corrected chi connectivity index (χ1v) is 9.08. The van der Waals surface area contributed by atoms with Crippen LogP contribution < -0.4 is 0 Å². The molecule has 0 N–H and O–H groups in total. The van der Waals surface area contributed by atoms with Gasteiger partial charge in [-0.1, -0.05) is 23.9 Å². The molecule has 3 rings (SSSR count). The van der Waals surface area contributed by atoms with Crippen molar-refractivity contribution < 1.29 is 18.7 Å². The summed E-state index contributed by atoms with van der Waals surface area (Å²) in [4.78, 5) is 30.3. The number of hydrogen-bond acceptors (Lipinski definition) is 6. The van der Waals surface area contributed by atoms with Crippen molar-refractivity contribution in [2.45, 2.75) is 25.0 Å². The van der Waals surface area contributed by atoms with Gasteiger partial charge in [-0.3, -0.25) is 9.59 Å². The normalized spacial score (nSPS) is 17.9. The largest absolute Gasteiger partial charge is 0.466 e. The average Bonchev–Trinajstić information content (AvgIpc) is 3.03. The number of carbonyl (C=O) groups is 2. The molecule has 0 spiro atoms. The van der Waals surface area contributed by atoms with E-state index in [1.807, 2.05) is 24.3 Å². The number of piperidine rings is 1.